The molecule has 138 valence electrons. The summed E-state index contributed by atoms with van der Waals surface area (Å²) in [5, 5.41) is 8.52. The van der Waals surface area contributed by atoms with E-state index in [1.807, 2.05) is 12.2 Å². The highest BCUT2D eigenvalue weighted by Gasteiger charge is 2.35. The maximum absolute atomic E-state index is 10.4. The molecule has 2 unspecified atom stereocenters. The van der Waals surface area contributed by atoms with Crippen molar-refractivity contribution in [3.63, 3.8) is 0 Å². The summed E-state index contributed by atoms with van der Waals surface area (Å²) in [6.45, 7) is 2.15. The van der Waals surface area contributed by atoms with Gasteiger partial charge in [0.25, 0.3) is 0 Å². The Morgan fingerprint density at radius 3 is 1.80 bits per heavy atom. The van der Waals surface area contributed by atoms with Gasteiger partial charge in [0.05, 0.1) is 12.2 Å². The Labute approximate surface area is 152 Å². The van der Waals surface area contributed by atoms with E-state index in [1.54, 1.807) is 0 Å². The van der Waals surface area contributed by atoms with Crippen molar-refractivity contribution in [2.45, 2.75) is 70.5 Å². The Kier molecular flexibility index (Phi) is 12.3. The third-order valence-electron chi connectivity index (χ3n) is 3.83. The van der Waals surface area contributed by atoms with E-state index in [2.05, 4.69) is 55.5 Å². The molecule has 0 aromatic rings. The monoisotopic (exact) mass is 344 g/mol. The minimum Gasteiger partial charge on any atom is -0.481 e. The van der Waals surface area contributed by atoms with Crippen LogP contribution in [0.4, 0.5) is 0 Å². The van der Waals surface area contributed by atoms with Crippen LogP contribution in [0.1, 0.15) is 58.3 Å². The Balaban J connectivity index is 1.97. The van der Waals surface area contributed by atoms with Crippen LogP contribution in [-0.2, 0) is 9.53 Å². The summed E-state index contributed by atoms with van der Waals surface area (Å²) >= 11 is 0. The van der Waals surface area contributed by atoms with Crippen molar-refractivity contribution in [2.75, 3.05) is 0 Å². The molecule has 25 heavy (non-hydrogen) atoms. The van der Waals surface area contributed by atoms with Gasteiger partial charge in [0.2, 0.25) is 0 Å². The lowest BCUT2D eigenvalue weighted by Gasteiger charge is -1.88. The van der Waals surface area contributed by atoms with Crippen molar-refractivity contribution in [3.05, 3.63) is 60.8 Å². The van der Waals surface area contributed by atoms with Gasteiger partial charge < -0.3 is 9.84 Å². The lowest BCUT2D eigenvalue weighted by Crippen LogP contribution is -1.91. The van der Waals surface area contributed by atoms with Crippen LogP contribution in [0, 0.1) is 0 Å². The smallest absolute Gasteiger partial charge is 0.303 e. The van der Waals surface area contributed by atoms with Crippen LogP contribution < -0.4 is 0 Å². The van der Waals surface area contributed by atoms with Crippen LogP contribution in [0.3, 0.4) is 0 Å². The molecular weight excluding hydrogens is 312 g/mol. The summed E-state index contributed by atoms with van der Waals surface area (Å²) in [5.41, 5.74) is 0. The van der Waals surface area contributed by atoms with Crippen molar-refractivity contribution >= 4 is 5.97 Å². The first kappa shape index (κ1) is 21.2. The molecule has 0 amide bonds. The fourth-order valence-corrected chi connectivity index (χ4v) is 2.36. The number of carboxylic acid groups (broad SMARTS) is 1. The summed E-state index contributed by atoms with van der Waals surface area (Å²) in [4.78, 5) is 10.4. The molecule has 0 bridgehead atoms. The second kappa shape index (κ2) is 14.5. The molecule has 3 nitrogen and oxygen atoms in total. The van der Waals surface area contributed by atoms with E-state index in [-0.39, 0.29) is 6.42 Å². The molecule has 1 saturated heterocycles. The predicted molar refractivity (Wildman–Crippen MR) is 105 cm³/mol. The zero-order valence-corrected chi connectivity index (χ0v) is 15.3. The Hall–Kier alpha value is -1.87. The molecule has 0 aromatic carbocycles. The van der Waals surface area contributed by atoms with Gasteiger partial charge >= 0.3 is 5.97 Å². The number of hydrogen-bond acceptors (Lipinski definition) is 2. The van der Waals surface area contributed by atoms with Crippen LogP contribution in [0.5, 0.6) is 0 Å². The largest absolute Gasteiger partial charge is 0.481 e. The highest BCUT2D eigenvalue weighted by Crippen LogP contribution is 2.29. The van der Waals surface area contributed by atoms with E-state index in [1.165, 1.54) is 0 Å². The number of aliphatic carboxylic acids is 1. The fraction of sp³-hybridized carbons (Fsp3) is 0.500. The SMILES string of the molecule is CC/C=C/C/C=C/C/C=C/CC1OC1C/C=C/C/C=C/CCC(=O)O. The normalized spacial score (nSPS) is 20.8. The summed E-state index contributed by atoms with van der Waals surface area (Å²) < 4.78 is 5.65. The van der Waals surface area contributed by atoms with Crippen molar-refractivity contribution < 1.29 is 14.6 Å². The van der Waals surface area contributed by atoms with Gasteiger partial charge in [-0.15, -0.1) is 0 Å². The van der Waals surface area contributed by atoms with E-state index in [4.69, 9.17) is 9.84 Å². The average molecular weight is 344 g/mol. The standard InChI is InChI=1S/C22H32O3/c1-2-3-4-5-6-7-8-11-14-17-20-21(25-20)18-15-12-9-10-13-16-19-22(23)24/h3-4,6-7,10-15,20-21H,2,5,8-9,16-19H2,1H3,(H,23,24)/b4-3+,7-6+,13-10+,14-11+,15-12+. The fourth-order valence-electron chi connectivity index (χ4n) is 2.36. The molecule has 0 aliphatic carbocycles. The van der Waals surface area contributed by atoms with Crippen LogP contribution in [0.15, 0.2) is 60.8 Å². The van der Waals surface area contributed by atoms with Gasteiger partial charge in [-0.2, -0.15) is 0 Å². The van der Waals surface area contributed by atoms with Gasteiger partial charge in [-0.1, -0.05) is 67.7 Å². The quantitative estimate of drug-likeness (QED) is 0.322. The third-order valence-corrected chi connectivity index (χ3v) is 3.83. The van der Waals surface area contributed by atoms with Crippen molar-refractivity contribution in [3.8, 4) is 0 Å². The zero-order valence-electron chi connectivity index (χ0n) is 15.3. The van der Waals surface area contributed by atoms with E-state index < -0.39 is 5.97 Å². The minimum absolute atomic E-state index is 0.205. The zero-order chi connectivity index (χ0) is 18.2. The molecule has 0 aromatic heterocycles. The summed E-state index contributed by atoms with van der Waals surface area (Å²) in [6.07, 6.45) is 28.9. The minimum atomic E-state index is -0.744. The van der Waals surface area contributed by atoms with Crippen LogP contribution >= 0.6 is 0 Å². The number of hydrogen-bond donors (Lipinski definition) is 1. The van der Waals surface area contributed by atoms with Crippen molar-refractivity contribution in [1.29, 1.82) is 0 Å². The second-order valence-electron chi connectivity index (χ2n) is 6.09. The molecule has 1 N–H and O–H groups in total. The number of carboxylic acids is 1. The van der Waals surface area contributed by atoms with Gasteiger partial charge in [0, 0.05) is 6.42 Å². The van der Waals surface area contributed by atoms with E-state index in [0.29, 0.717) is 18.6 Å². The number of rotatable bonds is 14. The maximum atomic E-state index is 10.4. The second-order valence-corrected chi connectivity index (χ2v) is 6.09. The van der Waals surface area contributed by atoms with Crippen LogP contribution in [0.25, 0.3) is 0 Å². The molecule has 2 atom stereocenters. The highest BCUT2D eigenvalue weighted by atomic mass is 16.6. The van der Waals surface area contributed by atoms with Gasteiger partial charge in [-0.25, -0.2) is 0 Å². The molecule has 3 heteroatoms. The molecular formula is C22H32O3. The van der Waals surface area contributed by atoms with Gasteiger partial charge in [-0.3, -0.25) is 4.79 Å². The number of epoxide rings is 1. The molecule has 1 aliphatic heterocycles. The van der Waals surface area contributed by atoms with Crippen molar-refractivity contribution in [2.24, 2.45) is 0 Å². The topological polar surface area (TPSA) is 49.8 Å². The number of ether oxygens (including phenoxy) is 1. The van der Waals surface area contributed by atoms with Gasteiger partial charge in [0.1, 0.15) is 0 Å². The molecule has 1 heterocycles. The summed E-state index contributed by atoms with van der Waals surface area (Å²) in [7, 11) is 0. The lowest BCUT2D eigenvalue weighted by molar-refractivity contribution is -0.136. The first-order chi connectivity index (χ1) is 12.2. The molecule has 1 rings (SSSR count). The van der Waals surface area contributed by atoms with Crippen molar-refractivity contribution in [1.82, 2.24) is 0 Å². The molecule has 1 fully saturated rings. The van der Waals surface area contributed by atoms with Crippen LogP contribution in [-0.4, -0.2) is 23.3 Å². The van der Waals surface area contributed by atoms with Gasteiger partial charge in [-0.05, 0) is 44.9 Å². The summed E-state index contributed by atoms with van der Waals surface area (Å²) in [5.74, 6) is -0.744. The molecule has 0 saturated carbocycles. The third kappa shape index (κ3) is 13.1. The lowest BCUT2D eigenvalue weighted by atomic mass is 10.1. The van der Waals surface area contributed by atoms with Gasteiger partial charge in [0.15, 0.2) is 0 Å². The van der Waals surface area contributed by atoms with E-state index >= 15 is 0 Å². The average Bonchev–Trinajstić information content (AvgIpc) is 3.34. The highest BCUT2D eigenvalue weighted by molar-refractivity contribution is 5.66. The molecule has 0 radical (unpaired) electrons. The molecule has 0 spiro atoms. The Morgan fingerprint density at radius 2 is 1.28 bits per heavy atom. The number of carbonyl (C=O) groups is 1. The Bertz CT molecular complexity index is 497. The number of allylic oxidation sites excluding steroid dienone is 8. The first-order valence-electron chi connectivity index (χ1n) is 9.36. The molecule has 1 aliphatic rings. The Morgan fingerprint density at radius 1 is 0.800 bits per heavy atom. The van der Waals surface area contributed by atoms with E-state index in [0.717, 1.165) is 38.5 Å². The maximum Gasteiger partial charge on any atom is 0.303 e. The van der Waals surface area contributed by atoms with E-state index in [9.17, 15) is 4.79 Å². The summed E-state index contributed by atoms with van der Waals surface area (Å²) in [6, 6.07) is 0. The predicted octanol–water partition coefficient (Wildman–Crippen LogP) is 5.76. The first-order valence-corrected chi connectivity index (χ1v) is 9.36. The van der Waals surface area contributed by atoms with Crippen LogP contribution in [0.2, 0.25) is 0 Å².